The zero-order valence-electron chi connectivity index (χ0n) is 23.6. The quantitative estimate of drug-likeness (QED) is 0.407. The molecule has 40 heavy (non-hydrogen) atoms. The molecule has 3 amide bonds. The Kier molecular flexibility index (Phi) is 10.5. The summed E-state index contributed by atoms with van der Waals surface area (Å²) < 4.78 is 10.2. The van der Waals surface area contributed by atoms with Gasteiger partial charge in [0.15, 0.2) is 0 Å². The molecule has 0 heterocycles. The van der Waals surface area contributed by atoms with Gasteiger partial charge in [0.25, 0.3) is 0 Å². The highest BCUT2D eigenvalue weighted by Gasteiger charge is 2.42. The van der Waals surface area contributed by atoms with Crippen molar-refractivity contribution < 1.29 is 28.7 Å². The molecule has 9 heteroatoms. The van der Waals surface area contributed by atoms with Crippen LogP contribution in [0.5, 0.6) is 0 Å². The summed E-state index contributed by atoms with van der Waals surface area (Å²) in [5, 5.41) is 5.38. The average Bonchev–Trinajstić information content (AvgIpc) is 2.89. The summed E-state index contributed by atoms with van der Waals surface area (Å²) in [5.74, 6) is -1.55. The van der Waals surface area contributed by atoms with Gasteiger partial charge >= 0.3 is 12.1 Å². The van der Waals surface area contributed by atoms with Gasteiger partial charge in [-0.3, -0.25) is 14.4 Å². The summed E-state index contributed by atoms with van der Waals surface area (Å²) >= 11 is 0. The van der Waals surface area contributed by atoms with E-state index in [0.29, 0.717) is 18.4 Å². The summed E-state index contributed by atoms with van der Waals surface area (Å²) in [5.41, 5.74) is 1.41. The van der Waals surface area contributed by atoms with Crippen molar-refractivity contribution >= 4 is 30.0 Å². The van der Waals surface area contributed by atoms with Crippen molar-refractivity contribution in [1.29, 1.82) is 0 Å². The van der Waals surface area contributed by atoms with Gasteiger partial charge in [-0.15, -0.1) is 0 Å². The number of rotatable bonds is 11. The zero-order chi connectivity index (χ0) is 29.3. The SMILES string of the molecule is C=Cc1cccc(C(C(=O)NCC(=O)OC)N(C(=O)C(Cc2ccccc2)NC(=O)OC(C)(C)C)C2CCC2)c1. The van der Waals surface area contributed by atoms with Crippen molar-refractivity contribution in [2.45, 2.75) is 70.2 Å². The fraction of sp³-hybridized carbons (Fsp3) is 0.419. The van der Waals surface area contributed by atoms with Crippen LogP contribution in [-0.2, 0) is 30.3 Å². The topological polar surface area (TPSA) is 114 Å². The molecule has 2 N–H and O–H groups in total. The Labute approximate surface area is 235 Å². The molecule has 1 aliphatic rings. The molecular weight excluding hydrogens is 510 g/mol. The third-order valence-corrected chi connectivity index (χ3v) is 6.62. The highest BCUT2D eigenvalue weighted by atomic mass is 16.6. The molecule has 2 atom stereocenters. The van der Waals surface area contributed by atoms with E-state index in [1.807, 2.05) is 36.4 Å². The lowest BCUT2D eigenvalue weighted by atomic mass is 9.87. The number of ether oxygens (including phenoxy) is 2. The molecule has 3 rings (SSSR count). The van der Waals surface area contributed by atoms with Crippen LogP contribution in [0, 0.1) is 0 Å². The normalized spacial score (nSPS) is 14.6. The van der Waals surface area contributed by atoms with Crippen LogP contribution in [0.25, 0.3) is 6.08 Å². The van der Waals surface area contributed by atoms with E-state index in [2.05, 4.69) is 21.9 Å². The number of carbonyl (C=O) groups excluding carboxylic acids is 4. The molecule has 0 bridgehead atoms. The molecule has 2 aromatic carbocycles. The number of nitrogens with zero attached hydrogens (tertiary/aromatic N) is 1. The van der Waals surface area contributed by atoms with Gasteiger partial charge in [0.05, 0.1) is 7.11 Å². The van der Waals surface area contributed by atoms with Crippen molar-refractivity contribution in [1.82, 2.24) is 15.5 Å². The van der Waals surface area contributed by atoms with Crippen LogP contribution in [0.3, 0.4) is 0 Å². The molecule has 1 saturated carbocycles. The van der Waals surface area contributed by atoms with Crippen LogP contribution >= 0.6 is 0 Å². The van der Waals surface area contributed by atoms with Gasteiger partial charge in [-0.25, -0.2) is 4.79 Å². The van der Waals surface area contributed by atoms with Gasteiger partial charge in [0, 0.05) is 12.5 Å². The maximum absolute atomic E-state index is 14.4. The van der Waals surface area contributed by atoms with E-state index < -0.39 is 41.6 Å². The Bertz CT molecular complexity index is 1200. The maximum Gasteiger partial charge on any atom is 0.408 e. The largest absolute Gasteiger partial charge is 0.468 e. The Balaban J connectivity index is 2.04. The second kappa shape index (κ2) is 13.8. The highest BCUT2D eigenvalue weighted by molar-refractivity contribution is 5.93. The van der Waals surface area contributed by atoms with E-state index in [-0.39, 0.29) is 19.0 Å². The maximum atomic E-state index is 14.4. The molecular formula is C31H39N3O6. The third kappa shape index (κ3) is 8.43. The number of hydrogen-bond acceptors (Lipinski definition) is 6. The first-order valence-electron chi connectivity index (χ1n) is 13.4. The standard InChI is InChI=1S/C31H39N3O6/c1-6-21-14-10-15-23(18-21)27(28(36)32-20-26(35)39-5)34(24-16-11-17-24)29(37)25(19-22-12-8-7-9-13-22)33-30(38)40-31(2,3)4/h6-10,12-15,18,24-25,27H,1,11,16-17,19-20H2,2-5H3,(H,32,36)(H,33,38). The summed E-state index contributed by atoms with van der Waals surface area (Å²) in [6.07, 6.45) is 3.45. The molecule has 1 fully saturated rings. The number of nitrogens with one attached hydrogen (secondary N) is 2. The molecule has 9 nitrogen and oxygen atoms in total. The van der Waals surface area contributed by atoms with E-state index in [1.54, 1.807) is 49.9 Å². The third-order valence-electron chi connectivity index (χ3n) is 6.62. The number of esters is 1. The Morgan fingerprint density at radius 2 is 1.77 bits per heavy atom. The second-order valence-corrected chi connectivity index (χ2v) is 10.8. The Morgan fingerprint density at radius 3 is 2.35 bits per heavy atom. The smallest absolute Gasteiger partial charge is 0.408 e. The van der Waals surface area contributed by atoms with Crippen LogP contribution in [0.4, 0.5) is 4.79 Å². The fourth-order valence-corrected chi connectivity index (χ4v) is 4.48. The average molecular weight is 550 g/mol. The monoisotopic (exact) mass is 549 g/mol. The lowest BCUT2D eigenvalue weighted by Crippen LogP contribution is -2.58. The molecule has 0 radical (unpaired) electrons. The predicted molar refractivity (Wildman–Crippen MR) is 152 cm³/mol. The molecule has 2 aromatic rings. The molecule has 2 unspecified atom stereocenters. The predicted octanol–water partition coefficient (Wildman–Crippen LogP) is 4.18. The summed E-state index contributed by atoms with van der Waals surface area (Å²) in [4.78, 5) is 54.4. The first kappa shape index (κ1) is 30.4. The first-order valence-corrected chi connectivity index (χ1v) is 13.4. The van der Waals surface area contributed by atoms with Crippen LogP contribution in [-0.4, -0.2) is 60.1 Å². The van der Waals surface area contributed by atoms with Crippen LogP contribution in [0.15, 0.2) is 61.2 Å². The number of carbonyl (C=O) groups is 4. The molecule has 214 valence electrons. The first-order chi connectivity index (χ1) is 19.0. The van der Waals surface area contributed by atoms with Gasteiger partial charge in [0.1, 0.15) is 24.2 Å². The van der Waals surface area contributed by atoms with E-state index >= 15 is 0 Å². The van der Waals surface area contributed by atoms with Crippen molar-refractivity contribution in [2.24, 2.45) is 0 Å². The van der Waals surface area contributed by atoms with E-state index in [0.717, 1.165) is 17.5 Å². The Hall–Kier alpha value is -4.14. The molecule has 0 saturated heterocycles. The zero-order valence-corrected chi connectivity index (χ0v) is 23.6. The number of amides is 3. The fourth-order valence-electron chi connectivity index (χ4n) is 4.48. The van der Waals surface area contributed by atoms with Crippen molar-refractivity contribution in [3.05, 3.63) is 77.9 Å². The van der Waals surface area contributed by atoms with Crippen LogP contribution < -0.4 is 10.6 Å². The number of hydrogen-bond donors (Lipinski definition) is 2. The molecule has 0 aromatic heterocycles. The van der Waals surface area contributed by atoms with Crippen LogP contribution in [0.2, 0.25) is 0 Å². The van der Waals surface area contributed by atoms with Crippen LogP contribution in [0.1, 0.15) is 62.8 Å². The Morgan fingerprint density at radius 1 is 1.07 bits per heavy atom. The summed E-state index contributed by atoms with van der Waals surface area (Å²) in [6.45, 7) is 8.72. The van der Waals surface area contributed by atoms with E-state index in [4.69, 9.17) is 4.74 Å². The van der Waals surface area contributed by atoms with Gasteiger partial charge in [-0.2, -0.15) is 0 Å². The molecule has 1 aliphatic carbocycles. The number of methoxy groups -OCH3 is 1. The summed E-state index contributed by atoms with van der Waals surface area (Å²) in [6, 6.07) is 14.2. The number of benzene rings is 2. The van der Waals surface area contributed by atoms with Crippen molar-refractivity contribution in [3.8, 4) is 0 Å². The molecule has 0 spiro atoms. The van der Waals surface area contributed by atoms with Gasteiger partial charge in [0.2, 0.25) is 11.8 Å². The van der Waals surface area contributed by atoms with Gasteiger partial charge in [-0.1, -0.05) is 61.2 Å². The van der Waals surface area contributed by atoms with Gasteiger partial charge in [-0.05, 0) is 62.8 Å². The van der Waals surface area contributed by atoms with E-state index in [9.17, 15) is 19.2 Å². The lowest BCUT2D eigenvalue weighted by Gasteiger charge is -2.43. The molecule has 0 aliphatic heterocycles. The van der Waals surface area contributed by atoms with E-state index in [1.165, 1.54) is 7.11 Å². The minimum Gasteiger partial charge on any atom is -0.468 e. The summed E-state index contributed by atoms with van der Waals surface area (Å²) in [7, 11) is 1.24. The minimum absolute atomic E-state index is 0.200. The lowest BCUT2D eigenvalue weighted by molar-refractivity contribution is -0.148. The number of alkyl carbamates (subject to hydrolysis) is 1. The highest BCUT2D eigenvalue weighted by Crippen LogP contribution is 2.34. The van der Waals surface area contributed by atoms with Gasteiger partial charge < -0.3 is 25.0 Å². The van der Waals surface area contributed by atoms with Crippen molar-refractivity contribution in [2.75, 3.05) is 13.7 Å². The second-order valence-electron chi connectivity index (χ2n) is 10.8. The minimum atomic E-state index is -1.05. The van der Waals surface area contributed by atoms with Crippen molar-refractivity contribution in [3.63, 3.8) is 0 Å².